The van der Waals surface area contributed by atoms with Crippen LogP contribution >= 0.6 is 0 Å². The first-order valence-electron chi connectivity index (χ1n) is 8.41. The SMILES string of the molecule is Cc1ccc2c(c1)C(=O)NC[C@]1(CCC(=O)N([C@H](C)C(=O)O)CC1)O2. The van der Waals surface area contributed by atoms with E-state index in [0.717, 1.165) is 5.56 Å². The lowest BCUT2D eigenvalue weighted by molar-refractivity contribution is -0.149. The zero-order valence-corrected chi connectivity index (χ0v) is 14.4. The van der Waals surface area contributed by atoms with Gasteiger partial charge in [0.15, 0.2) is 0 Å². The van der Waals surface area contributed by atoms with E-state index < -0.39 is 17.6 Å². The monoisotopic (exact) mass is 346 g/mol. The zero-order chi connectivity index (χ0) is 18.2. The number of hydrogen-bond acceptors (Lipinski definition) is 4. The number of ether oxygens (including phenoxy) is 1. The number of carbonyl (C=O) groups excluding carboxylic acids is 2. The molecule has 1 fully saturated rings. The lowest BCUT2D eigenvalue weighted by atomic mass is 9.94. The highest BCUT2D eigenvalue weighted by Gasteiger charge is 2.41. The first-order valence-corrected chi connectivity index (χ1v) is 8.41. The van der Waals surface area contributed by atoms with E-state index >= 15 is 0 Å². The number of rotatable bonds is 2. The summed E-state index contributed by atoms with van der Waals surface area (Å²) in [5.74, 6) is -0.912. The number of hydrogen-bond donors (Lipinski definition) is 2. The second-order valence-electron chi connectivity index (χ2n) is 6.82. The number of carbonyl (C=O) groups is 3. The summed E-state index contributed by atoms with van der Waals surface area (Å²) in [4.78, 5) is 37.3. The Morgan fingerprint density at radius 2 is 2.12 bits per heavy atom. The molecule has 2 atom stereocenters. The van der Waals surface area contributed by atoms with Crippen LogP contribution in [0.3, 0.4) is 0 Å². The molecule has 0 bridgehead atoms. The van der Waals surface area contributed by atoms with Crippen LogP contribution in [0.15, 0.2) is 18.2 Å². The number of nitrogens with zero attached hydrogens (tertiary/aromatic N) is 1. The Labute approximate surface area is 146 Å². The highest BCUT2D eigenvalue weighted by Crippen LogP contribution is 2.34. The van der Waals surface area contributed by atoms with Crippen LogP contribution in [0.4, 0.5) is 0 Å². The van der Waals surface area contributed by atoms with Crippen molar-refractivity contribution in [2.75, 3.05) is 13.1 Å². The predicted molar refractivity (Wildman–Crippen MR) is 89.5 cm³/mol. The lowest BCUT2D eigenvalue weighted by Crippen LogP contribution is -2.47. The molecule has 0 radical (unpaired) electrons. The van der Waals surface area contributed by atoms with Crippen molar-refractivity contribution in [3.63, 3.8) is 0 Å². The van der Waals surface area contributed by atoms with Crippen molar-refractivity contribution in [3.05, 3.63) is 29.3 Å². The van der Waals surface area contributed by atoms with Crippen LogP contribution in [0.25, 0.3) is 0 Å². The van der Waals surface area contributed by atoms with Gasteiger partial charge in [-0.05, 0) is 32.4 Å². The minimum atomic E-state index is -1.03. The molecule has 25 heavy (non-hydrogen) atoms. The second-order valence-corrected chi connectivity index (χ2v) is 6.82. The summed E-state index contributed by atoms with van der Waals surface area (Å²) in [7, 11) is 0. The third-order valence-corrected chi connectivity index (χ3v) is 5.03. The van der Waals surface area contributed by atoms with Gasteiger partial charge >= 0.3 is 5.97 Å². The largest absolute Gasteiger partial charge is 0.485 e. The van der Waals surface area contributed by atoms with Crippen molar-refractivity contribution in [1.29, 1.82) is 0 Å². The molecule has 2 aliphatic rings. The number of aliphatic carboxylic acids is 1. The fourth-order valence-corrected chi connectivity index (χ4v) is 3.39. The van der Waals surface area contributed by atoms with E-state index in [4.69, 9.17) is 4.74 Å². The zero-order valence-electron chi connectivity index (χ0n) is 14.4. The molecule has 134 valence electrons. The molecule has 3 rings (SSSR count). The average Bonchev–Trinajstić information content (AvgIpc) is 2.81. The van der Waals surface area contributed by atoms with Gasteiger partial charge in [0.2, 0.25) is 5.91 Å². The normalized spacial score (nSPS) is 24.6. The van der Waals surface area contributed by atoms with Crippen molar-refractivity contribution in [1.82, 2.24) is 10.2 Å². The highest BCUT2D eigenvalue weighted by molar-refractivity contribution is 5.97. The van der Waals surface area contributed by atoms with Gasteiger partial charge in [0.1, 0.15) is 17.4 Å². The molecule has 0 saturated carbocycles. The first-order chi connectivity index (χ1) is 11.8. The van der Waals surface area contributed by atoms with Crippen molar-refractivity contribution in [3.8, 4) is 5.75 Å². The van der Waals surface area contributed by atoms with Gasteiger partial charge in [0.25, 0.3) is 5.91 Å². The number of likely N-dealkylation sites (tertiary alicyclic amines) is 1. The number of nitrogens with one attached hydrogen (secondary N) is 1. The molecular weight excluding hydrogens is 324 g/mol. The third kappa shape index (κ3) is 3.31. The summed E-state index contributed by atoms with van der Waals surface area (Å²) < 4.78 is 6.22. The van der Waals surface area contributed by atoms with Crippen molar-refractivity contribution >= 4 is 17.8 Å². The summed E-state index contributed by atoms with van der Waals surface area (Å²) in [5, 5.41) is 12.1. The van der Waals surface area contributed by atoms with Crippen LogP contribution in [0.1, 0.15) is 42.1 Å². The van der Waals surface area contributed by atoms with Gasteiger partial charge in [-0.3, -0.25) is 9.59 Å². The fraction of sp³-hybridized carbons (Fsp3) is 0.500. The van der Waals surface area contributed by atoms with Crippen molar-refractivity contribution in [2.24, 2.45) is 0 Å². The summed E-state index contributed by atoms with van der Waals surface area (Å²) in [6.07, 6.45) is 1.08. The minimum Gasteiger partial charge on any atom is -0.485 e. The molecule has 1 spiro atoms. The Hall–Kier alpha value is -2.57. The van der Waals surface area contributed by atoms with Crippen LogP contribution in [0, 0.1) is 6.92 Å². The van der Waals surface area contributed by atoms with E-state index in [1.54, 1.807) is 12.1 Å². The maximum Gasteiger partial charge on any atom is 0.326 e. The summed E-state index contributed by atoms with van der Waals surface area (Å²) >= 11 is 0. The molecule has 0 aromatic heterocycles. The Bertz CT molecular complexity index is 732. The highest BCUT2D eigenvalue weighted by atomic mass is 16.5. The summed E-state index contributed by atoms with van der Waals surface area (Å²) in [6, 6.07) is 4.57. The molecule has 2 N–H and O–H groups in total. The van der Waals surface area contributed by atoms with Crippen LogP contribution in [0.2, 0.25) is 0 Å². The molecular formula is C18H22N2O5. The van der Waals surface area contributed by atoms with Gasteiger partial charge in [0, 0.05) is 19.4 Å². The fourth-order valence-electron chi connectivity index (χ4n) is 3.39. The number of fused-ring (bicyclic) bond motifs is 1. The standard InChI is InChI=1S/C18H22N2O5/c1-11-3-4-14-13(9-11)16(22)19-10-18(25-14)6-5-15(21)20(8-7-18)12(2)17(23)24/h3-4,9,12H,5-8,10H2,1-2H3,(H,19,22)(H,23,24)/t12-,18-/m1/s1. The quantitative estimate of drug-likeness (QED) is 0.842. The maximum atomic E-state index is 12.3. The number of carboxylic acids is 1. The molecule has 2 amide bonds. The molecule has 1 aromatic rings. The third-order valence-electron chi connectivity index (χ3n) is 5.03. The van der Waals surface area contributed by atoms with Crippen LogP contribution < -0.4 is 10.1 Å². The van der Waals surface area contributed by atoms with Crippen molar-refractivity contribution in [2.45, 2.75) is 44.8 Å². The minimum absolute atomic E-state index is 0.189. The molecule has 1 saturated heterocycles. The molecule has 1 aromatic carbocycles. The van der Waals surface area contributed by atoms with Gasteiger partial charge in [-0.2, -0.15) is 0 Å². The Balaban J connectivity index is 1.87. The van der Waals surface area contributed by atoms with E-state index in [1.165, 1.54) is 11.8 Å². The molecule has 0 unspecified atom stereocenters. The summed E-state index contributed by atoms with van der Waals surface area (Å²) in [6.45, 7) is 3.99. The number of aryl methyl sites for hydroxylation is 1. The Morgan fingerprint density at radius 3 is 2.84 bits per heavy atom. The topological polar surface area (TPSA) is 95.9 Å². The second kappa shape index (κ2) is 6.38. The number of benzene rings is 1. The van der Waals surface area contributed by atoms with E-state index in [1.807, 2.05) is 13.0 Å². The molecule has 7 nitrogen and oxygen atoms in total. The number of amides is 2. The van der Waals surface area contributed by atoms with E-state index in [2.05, 4.69) is 5.32 Å². The van der Waals surface area contributed by atoms with E-state index in [-0.39, 0.29) is 24.8 Å². The smallest absolute Gasteiger partial charge is 0.326 e. The van der Waals surface area contributed by atoms with Crippen LogP contribution in [-0.4, -0.2) is 52.5 Å². The van der Waals surface area contributed by atoms with Gasteiger partial charge in [0.05, 0.1) is 12.1 Å². The molecule has 7 heteroatoms. The molecule has 2 heterocycles. The average molecular weight is 346 g/mol. The molecule has 2 aliphatic heterocycles. The van der Waals surface area contributed by atoms with E-state index in [9.17, 15) is 19.5 Å². The van der Waals surface area contributed by atoms with Gasteiger partial charge in [-0.1, -0.05) is 11.6 Å². The number of carboxylic acid groups (broad SMARTS) is 1. The maximum absolute atomic E-state index is 12.3. The van der Waals surface area contributed by atoms with Gasteiger partial charge < -0.3 is 20.1 Å². The van der Waals surface area contributed by atoms with Gasteiger partial charge in [-0.25, -0.2) is 4.79 Å². The van der Waals surface area contributed by atoms with Crippen LogP contribution in [0.5, 0.6) is 5.75 Å². The summed E-state index contributed by atoms with van der Waals surface area (Å²) in [5.41, 5.74) is 0.743. The van der Waals surface area contributed by atoms with E-state index in [0.29, 0.717) is 30.7 Å². The predicted octanol–water partition coefficient (Wildman–Crippen LogP) is 1.34. The van der Waals surface area contributed by atoms with Crippen LogP contribution in [-0.2, 0) is 9.59 Å². The Morgan fingerprint density at radius 1 is 1.36 bits per heavy atom. The van der Waals surface area contributed by atoms with Crippen molar-refractivity contribution < 1.29 is 24.2 Å². The first kappa shape index (κ1) is 17.3. The van der Waals surface area contributed by atoms with Gasteiger partial charge in [-0.15, -0.1) is 0 Å². The lowest BCUT2D eigenvalue weighted by Gasteiger charge is -2.32. The Kier molecular flexibility index (Phi) is 4.41. The molecule has 0 aliphatic carbocycles.